The normalized spacial score (nSPS) is 11.3. The third-order valence-corrected chi connectivity index (χ3v) is 3.42. The predicted octanol–water partition coefficient (Wildman–Crippen LogP) is -0.444. The van der Waals surface area contributed by atoms with Crippen molar-refractivity contribution in [1.29, 1.82) is 0 Å². The van der Waals surface area contributed by atoms with E-state index < -0.39 is 10.0 Å². The Bertz CT molecular complexity index is 557. The number of hydrogen-bond acceptors (Lipinski definition) is 5. The van der Waals surface area contributed by atoms with Crippen LogP contribution in [-0.2, 0) is 19.6 Å². The fourth-order valence-electron chi connectivity index (χ4n) is 1.49. The van der Waals surface area contributed by atoms with Gasteiger partial charge in [0.05, 0.1) is 11.5 Å². The Hall–Kier alpha value is -1.48. The van der Waals surface area contributed by atoms with Crippen LogP contribution < -0.4 is 16.2 Å². The van der Waals surface area contributed by atoms with E-state index in [9.17, 15) is 13.2 Å². The lowest BCUT2D eigenvalue weighted by Crippen LogP contribution is -2.22. The van der Waals surface area contributed by atoms with E-state index in [0.717, 1.165) is 0 Å². The topological polar surface area (TPSA) is 125 Å². The summed E-state index contributed by atoms with van der Waals surface area (Å²) < 4.78 is 27.6. The number of hydrogen-bond donors (Lipinski definition) is 3. The molecule has 0 heterocycles. The molecular weight excluding hydrogens is 270 g/mol. The molecule has 0 bridgehead atoms. The monoisotopic (exact) mass is 287 g/mol. The first kappa shape index (κ1) is 15.6. The van der Waals surface area contributed by atoms with Crippen LogP contribution in [0.3, 0.4) is 0 Å². The highest BCUT2D eigenvalue weighted by molar-refractivity contribution is 7.89. The number of benzene rings is 1. The lowest BCUT2D eigenvalue weighted by Gasteiger charge is -2.11. The van der Waals surface area contributed by atoms with Gasteiger partial charge >= 0.3 is 0 Å². The van der Waals surface area contributed by atoms with Crippen LogP contribution in [0, 0.1) is 6.92 Å². The summed E-state index contributed by atoms with van der Waals surface area (Å²) in [7, 11) is -3.81. The standard InChI is InChI=1S/C11H17N3O4S/c1-8-9(14-11(15)7-18-6-5-12)3-2-4-10(8)19(13,16)17/h2-4H,5-7,12H2,1H3,(H,14,15)(H2,13,16,17). The van der Waals surface area contributed by atoms with Gasteiger partial charge in [-0.25, -0.2) is 13.6 Å². The summed E-state index contributed by atoms with van der Waals surface area (Å²) in [4.78, 5) is 11.5. The molecule has 1 aromatic rings. The molecule has 0 spiro atoms. The summed E-state index contributed by atoms with van der Waals surface area (Å²) in [5.41, 5.74) is 5.99. The molecule has 0 saturated heterocycles. The molecule has 0 unspecified atom stereocenters. The van der Waals surface area contributed by atoms with Gasteiger partial charge in [0.15, 0.2) is 0 Å². The van der Waals surface area contributed by atoms with Crippen molar-refractivity contribution in [1.82, 2.24) is 0 Å². The minimum absolute atomic E-state index is 0.0202. The van der Waals surface area contributed by atoms with Crippen molar-refractivity contribution < 1.29 is 17.9 Å². The van der Waals surface area contributed by atoms with E-state index in [4.69, 9.17) is 15.6 Å². The van der Waals surface area contributed by atoms with Crippen molar-refractivity contribution in [3.8, 4) is 0 Å². The highest BCUT2D eigenvalue weighted by Gasteiger charge is 2.14. The number of carbonyl (C=O) groups excluding carboxylic acids is 1. The summed E-state index contributed by atoms with van der Waals surface area (Å²) >= 11 is 0. The summed E-state index contributed by atoms with van der Waals surface area (Å²) in [6, 6.07) is 4.47. The van der Waals surface area contributed by atoms with Crippen LogP contribution in [0.4, 0.5) is 5.69 Å². The molecule has 0 aliphatic rings. The number of sulfonamides is 1. The second-order valence-electron chi connectivity index (χ2n) is 3.86. The lowest BCUT2D eigenvalue weighted by atomic mass is 10.2. The fourth-order valence-corrected chi connectivity index (χ4v) is 2.30. The Morgan fingerprint density at radius 1 is 1.42 bits per heavy atom. The number of carbonyl (C=O) groups is 1. The minimum atomic E-state index is -3.81. The van der Waals surface area contributed by atoms with E-state index in [-0.39, 0.29) is 24.0 Å². The van der Waals surface area contributed by atoms with Crippen LogP contribution in [0.2, 0.25) is 0 Å². The van der Waals surface area contributed by atoms with Crippen LogP contribution in [0.1, 0.15) is 5.56 Å². The number of amides is 1. The zero-order valence-electron chi connectivity index (χ0n) is 10.5. The Morgan fingerprint density at radius 2 is 2.11 bits per heavy atom. The molecule has 19 heavy (non-hydrogen) atoms. The molecule has 7 nitrogen and oxygen atoms in total. The Labute approximate surface area is 112 Å². The lowest BCUT2D eigenvalue weighted by molar-refractivity contribution is -0.120. The first-order valence-corrected chi connectivity index (χ1v) is 7.11. The van der Waals surface area contributed by atoms with Crippen molar-refractivity contribution in [3.63, 3.8) is 0 Å². The smallest absolute Gasteiger partial charge is 0.250 e. The molecular formula is C11H17N3O4S. The number of nitrogens with two attached hydrogens (primary N) is 2. The van der Waals surface area contributed by atoms with Crippen LogP contribution >= 0.6 is 0 Å². The van der Waals surface area contributed by atoms with Gasteiger partial charge in [-0.2, -0.15) is 0 Å². The molecule has 0 atom stereocenters. The summed E-state index contributed by atoms with van der Waals surface area (Å²) in [5, 5.41) is 7.63. The average Bonchev–Trinajstić information content (AvgIpc) is 2.30. The SMILES string of the molecule is Cc1c(NC(=O)COCCN)cccc1S(N)(=O)=O. The molecule has 8 heteroatoms. The zero-order valence-corrected chi connectivity index (χ0v) is 11.4. The van der Waals surface area contributed by atoms with Crippen LogP contribution in [0.15, 0.2) is 23.1 Å². The third kappa shape index (κ3) is 4.60. The average molecular weight is 287 g/mol. The van der Waals surface area contributed by atoms with E-state index in [1.807, 2.05) is 0 Å². The number of ether oxygens (including phenoxy) is 1. The van der Waals surface area contributed by atoms with E-state index in [1.165, 1.54) is 12.1 Å². The highest BCUT2D eigenvalue weighted by atomic mass is 32.2. The van der Waals surface area contributed by atoms with Crippen molar-refractivity contribution in [2.45, 2.75) is 11.8 Å². The van der Waals surface area contributed by atoms with Crippen LogP contribution in [-0.4, -0.2) is 34.1 Å². The summed E-state index contributed by atoms with van der Waals surface area (Å²) in [6.07, 6.45) is 0. The molecule has 0 aliphatic heterocycles. The van der Waals surface area contributed by atoms with Crippen LogP contribution in [0.5, 0.6) is 0 Å². The number of anilines is 1. The Kier molecular flexibility index (Phi) is 5.43. The number of nitrogens with one attached hydrogen (secondary N) is 1. The highest BCUT2D eigenvalue weighted by Crippen LogP contribution is 2.21. The van der Waals surface area contributed by atoms with Gasteiger partial charge in [0.1, 0.15) is 6.61 Å². The molecule has 0 aromatic heterocycles. The van der Waals surface area contributed by atoms with Crippen molar-refractivity contribution in [2.24, 2.45) is 10.9 Å². The Morgan fingerprint density at radius 3 is 2.68 bits per heavy atom. The summed E-state index contributed by atoms with van der Waals surface area (Å²) in [5.74, 6) is -0.386. The fraction of sp³-hybridized carbons (Fsp3) is 0.364. The van der Waals surface area contributed by atoms with Gasteiger partial charge in [-0.05, 0) is 24.6 Å². The van der Waals surface area contributed by atoms with Gasteiger partial charge in [-0.3, -0.25) is 4.79 Å². The van der Waals surface area contributed by atoms with E-state index in [2.05, 4.69) is 5.32 Å². The molecule has 1 aromatic carbocycles. The van der Waals surface area contributed by atoms with Gasteiger partial charge in [-0.1, -0.05) is 6.07 Å². The molecule has 1 amide bonds. The number of primary sulfonamides is 1. The minimum Gasteiger partial charge on any atom is -0.370 e. The molecule has 1 rings (SSSR count). The maximum atomic E-state index is 11.5. The van der Waals surface area contributed by atoms with Crippen molar-refractivity contribution in [3.05, 3.63) is 23.8 Å². The zero-order chi connectivity index (χ0) is 14.5. The Balaban J connectivity index is 2.83. The van der Waals surface area contributed by atoms with Gasteiger partial charge < -0.3 is 15.8 Å². The maximum absolute atomic E-state index is 11.5. The molecule has 5 N–H and O–H groups in total. The number of rotatable bonds is 6. The van der Waals surface area contributed by atoms with Gasteiger partial charge in [0.25, 0.3) is 0 Å². The second-order valence-corrected chi connectivity index (χ2v) is 5.39. The molecule has 0 fully saturated rings. The second kappa shape index (κ2) is 6.62. The molecule has 0 radical (unpaired) electrons. The van der Waals surface area contributed by atoms with Gasteiger partial charge in [0.2, 0.25) is 15.9 Å². The van der Waals surface area contributed by atoms with E-state index in [1.54, 1.807) is 13.0 Å². The maximum Gasteiger partial charge on any atom is 0.250 e. The van der Waals surface area contributed by atoms with Gasteiger partial charge in [-0.15, -0.1) is 0 Å². The van der Waals surface area contributed by atoms with Crippen LogP contribution in [0.25, 0.3) is 0 Å². The van der Waals surface area contributed by atoms with Crippen molar-refractivity contribution in [2.75, 3.05) is 25.1 Å². The quantitative estimate of drug-likeness (QED) is 0.611. The molecule has 0 saturated carbocycles. The third-order valence-electron chi connectivity index (χ3n) is 2.36. The van der Waals surface area contributed by atoms with E-state index >= 15 is 0 Å². The first-order valence-electron chi connectivity index (χ1n) is 5.56. The largest absolute Gasteiger partial charge is 0.370 e. The predicted molar refractivity (Wildman–Crippen MR) is 71.1 cm³/mol. The first-order chi connectivity index (χ1) is 8.86. The molecule has 0 aliphatic carbocycles. The van der Waals surface area contributed by atoms with Crippen molar-refractivity contribution >= 4 is 21.6 Å². The van der Waals surface area contributed by atoms with E-state index in [0.29, 0.717) is 17.8 Å². The van der Waals surface area contributed by atoms with Gasteiger partial charge in [0, 0.05) is 12.2 Å². The summed E-state index contributed by atoms with van der Waals surface area (Å²) in [6.45, 7) is 2.03. The molecule has 106 valence electrons.